The molecule has 1 saturated heterocycles. The van der Waals surface area contributed by atoms with Crippen LogP contribution in [0.15, 0.2) is 54.6 Å². The molecule has 2 N–H and O–H groups in total. The molecule has 7 aliphatic rings. The first-order valence-electron chi connectivity index (χ1n) is 20.3. The highest BCUT2D eigenvalue weighted by Gasteiger charge is 2.59. The predicted molar refractivity (Wildman–Crippen MR) is 224 cm³/mol. The third kappa shape index (κ3) is 6.15. The average molecular weight is 833 g/mol. The fourth-order valence-electron chi connectivity index (χ4n) is 9.26. The first kappa shape index (κ1) is 39.1. The van der Waals surface area contributed by atoms with Gasteiger partial charge in [-0.15, -0.1) is 0 Å². The molecule has 13 heteroatoms. The third-order valence-electron chi connectivity index (χ3n) is 12.2. The monoisotopic (exact) mass is 832 g/mol. The fraction of sp³-hybridized carbons (Fsp3) is 0.375. The van der Waals surface area contributed by atoms with E-state index in [0.717, 1.165) is 79.0 Å². The highest BCUT2D eigenvalue weighted by molar-refractivity contribution is 5.98. The Morgan fingerprint density at radius 3 is 1.70 bits per heavy atom. The fourth-order valence-corrected chi connectivity index (χ4v) is 9.26. The van der Waals surface area contributed by atoms with Crippen molar-refractivity contribution in [2.24, 2.45) is 0 Å². The molecule has 0 saturated carbocycles. The van der Waals surface area contributed by atoms with Gasteiger partial charge in [0.05, 0.1) is 63.9 Å². The van der Waals surface area contributed by atoms with E-state index < -0.39 is 0 Å². The van der Waals surface area contributed by atoms with Crippen molar-refractivity contribution in [3.05, 3.63) is 99.1 Å². The minimum Gasteiger partial charge on any atom is -0.496 e. The number of epoxide rings is 1. The van der Waals surface area contributed by atoms with E-state index in [2.05, 4.69) is 0 Å². The second-order valence-electron chi connectivity index (χ2n) is 16.8. The minimum atomic E-state index is -0.375. The van der Waals surface area contributed by atoms with E-state index in [0.29, 0.717) is 47.3 Å². The lowest BCUT2D eigenvalue weighted by Gasteiger charge is -2.37. The van der Waals surface area contributed by atoms with Crippen LogP contribution in [0.25, 0.3) is 28.7 Å². The van der Waals surface area contributed by atoms with Crippen molar-refractivity contribution < 1.29 is 62.3 Å². The van der Waals surface area contributed by atoms with Crippen LogP contribution >= 0.6 is 0 Å². The Morgan fingerprint density at radius 1 is 0.623 bits per heavy atom. The second kappa shape index (κ2) is 14.3. The molecule has 318 valence electrons. The van der Waals surface area contributed by atoms with Crippen molar-refractivity contribution in [1.29, 1.82) is 0 Å². The topological polar surface area (TPSA) is 145 Å². The molecule has 0 radical (unpaired) electrons. The summed E-state index contributed by atoms with van der Waals surface area (Å²) >= 11 is 0. The number of hydrogen-bond acceptors (Lipinski definition) is 13. The van der Waals surface area contributed by atoms with Crippen molar-refractivity contribution >= 4 is 28.7 Å². The summed E-state index contributed by atoms with van der Waals surface area (Å²) in [7, 11) is 6.50. The molecule has 7 heterocycles. The zero-order chi connectivity index (χ0) is 42.5. The lowest BCUT2D eigenvalue weighted by molar-refractivity contribution is 0.0714. The van der Waals surface area contributed by atoms with E-state index in [4.69, 9.17) is 52.1 Å². The molecular formula is C48H48O13. The van der Waals surface area contributed by atoms with E-state index >= 15 is 0 Å². The highest BCUT2D eigenvalue weighted by atomic mass is 16.6. The summed E-state index contributed by atoms with van der Waals surface area (Å²) in [4.78, 5) is 0. The van der Waals surface area contributed by atoms with Gasteiger partial charge in [-0.25, -0.2) is 0 Å². The molecule has 61 heavy (non-hydrogen) atoms. The van der Waals surface area contributed by atoms with Gasteiger partial charge in [0.2, 0.25) is 0 Å². The molecule has 13 nitrogen and oxygen atoms in total. The van der Waals surface area contributed by atoms with E-state index in [9.17, 15) is 10.2 Å². The van der Waals surface area contributed by atoms with Gasteiger partial charge in [-0.1, -0.05) is 0 Å². The Kier molecular flexibility index (Phi) is 9.17. The predicted octanol–water partition coefficient (Wildman–Crippen LogP) is 7.51. The zero-order valence-corrected chi connectivity index (χ0v) is 35.3. The van der Waals surface area contributed by atoms with E-state index in [1.54, 1.807) is 28.4 Å². The Morgan fingerprint density at radius 2 is 1.16 bits per heavy atom. The number of fused-ring (bicyclic) bond motifs is 14. The van der Waals surface area contributed by atoms with Crippen LogP contribution in [0, 0.1) is 0 Å². The molecule has 0 bridgehead atoms. The maximum atomic E-state index is 9.67. The summed E-state index contributed by atoms with van der Waals surface area (Å²) in [6, 6.07) is 15.2. The maximum Gasteiger partial charge on any atom is 0.162 e. The number of aliphatic hydroxyl groups is 2. The molecule has 2 unspecified atom stereocenters. The van der Waals surface area contributed by atoms with Crippen molar-refractivity contribution in [3.63, 3.8) is 0 Å². The van der Waals surface area contributed by atoms with E-state index in [1.807, 2.05) is 88.4 Å². The van der Waals surface area contributed by atoms with Crippen LogP contribution in [0.5, 0.6) is 46.0 Å². The molecule has 4 aromatic carbocycles. The van der Waals surface area contributed by atoms with Crippen LogP contribution in [-0.2, 0) is 27.4 Å². The molecule has 11 rings (SSSR count). The smallest absolute Gasteiger partial charge is 0.162 e. The van der Waals surface area contributed by atoms with Crippen LogP contribution in [0.1, 0.15) is 78.3 Å². The minimum absolute atomic E-state index is 0.0102. The van der Waals surface area contributed by atoms with Gasteiger partial charge < -0.3 is 62.3 Å². The molecule has 0 amide bonds. The first-order valence-corrected chi connectivity index (χ1v) is 20.3. The molecule has 1 fully saturated rings. The molecule has 0 aromatic heterocycles. The van der Waals surface area contributed by atoms with E-state index in [1.165, 1.54) is 0 Å². The Hall–Kier alpha value is -6.02. The van der Waals surface area contributed by atoms with Crippen molar-refractivity contribution in [3.8, 4) is 46.0 Å². The van der Waals surface area contributed by atoms with Gasteiger partial charge in [0, 0.05) is 33.4 Å². The quantitative estimate of drug-likeness (QED) is 0.185. The van der Waals surface area contributed by atoms with Gasteiger partial charge in [0.25, 0.3) is 0 Å². The molecule has 0 spiro atoms. The van der Waals surface area contributed by atoms with Crippen LogP contribution in [0.2, 0.25) is 0 Å². The SMILES string of the molecule is COC1=C2c3cc(OC)c(CO)cc3OC[C@H]2Oc2c1ccc1c2C2OC2C(C)(C)O1.COC1=C2c3cc(OC)c(CO)cc3OC[C@H]2Oc2c1ccc1c2C=CC(C)(C)O1. The number of benzene rings is 4. The summed E-state index contributed by atoms with van der Waals surface area (Å²) in [5.74, 6) is 7.05. The summed E-state index contributed by atoms with van der Waals surface area (Å²) < 4.78 is 66.0. The summed E-state index contributed by atoms with van der Waals surface area (Å²) in [6.07, 6.45) is 3.36. The molecule has 0 aliphatic carbocycles. The third-order valence-corrected chi connectivity index (χ3v) is 12.2. The largest absolute Gasteiger partial charge is 0.496 e. The van der Waals surface area contributed by atoms with Crippen LogP contribution in [0.3, 0.4) is 0 Å². The van der Waals surface area contributed by atoms with Crippen molar-refractivity contribution in [2.45, 2.75) is 76.5 Å². The summed E-state index contributed by atoms with van der Waals surface area (Å²) in [6.45, 7) is 8.52. The van der Waals surface area contributed by atoms with Crippen molar-refractivity contribution in [2.75, 3.05) is 41.7 Å². The van der Waals surface area contributed by atoms with Crippen LogP contribution in [0.4, 0.5) is 0 Å². The number of rotatable bonds is 6. The summed E-state index contributed by atoms with van der Waals surface area (Å²) in [5.41, 5.74) is 7.67. The Balaban J connectivity index is 0.000000146. The number of ether oxygens (including phenoxy) is 11. The Labute approximate surface area is 353 Å². The standard InChI is InChI=1S/C24H24O7.C24H24O6/c1-24(2)23-22(30-23)19-14(31-24)6-5-12-20(27-4)18-13-8-15(26-3)11(9-25)7-16(13)28-10-17(18)29-21(12)19;1-24(2)8-7-14-17(30-24)6-5-15-22(14)29-20-12-28-19-9-13(11-25)18(26-3)10-16(19)21(20)23(15)27-4/h5-8,17,22-23,25H,9-10H2,1-4H3;5-10,20,25H,11-12H2,1-4H3/t17-,22?,23?;20-/m11/s1. The first-order chi connectivity index (χ1) is 29.4. The van der Waals surface area contributed by atoms with Crippen molar-refractivity contribution in [1.82, 2.24) is 0 Å². The summed E-state index contributed by atoms with van der Waals surface area (Å²) in [5, 5.41) is 19.3. The normalized spacial score (nSPS) is 23.0. The number of methoxy groups -OCH3 is 4. The second-order valence-corrected chi connectivity index (χ2v) is 16.8. The van der Waals surface area contributed by atoms with E-state index in [-0.39, 0.29) is 48.8 Å². The maximum absolute atomic E-state index is 9.67. The van der Waals surface area contributed by atoms with Crippen LogP contribution in [-0.4, -0.2) is 81.4 Å². The van der Waals surface area contributed by atoms with Gasteiger partial charge in [-0.3, -0.25) is 0 Å². The molecular weight excluding hydrogens is 785 g/mol. The van der Waals surface area contributed by atoms with Crippen LogP contribution < -0.4 is 37.9 Å². The lowest BCUT2D eigenvalue weighted by Crippen LogP contribution is -2.39. The number of hydrogen-bond donors (Lipinski definition) is 2. The van der Waals surface area contributed by atoms with Gasteiger partial charge in [0.1, 0.15) is 94.1 Å². The lowest BCUT2D eigenvalue weighted by atomic mass is 9.87. The molecule has 7 aliphatic heterocycles. The van der Waals surface area contributed by atoms with Gasteiger partial charge in [-0.2, -0.15) is 0 Å². The highest BCUT2D eigenvalue weighted by Crippen LogP contribution is 2.60. The Bertz CT molecular complexity index is 2580. The average Bonchev–Trinajstić information content (AvgIpc) is 4.08. The zero-order valence-electron chi connectivity index (χ0n) is 35.3. The molecule has 4 atom stereocenters. The van der Waals surface area contributed by atoms with Gasteiger partial charge in [-0.05, 0) is 88.4 Å². The van der Waals surface area contributed by atoms with Gasteiger partial charge in [0.15, 0.2) is 12.2 Å². The number of aliphatic hydroxyl groups excluding tert-OH is 2. The molecule has 4 aromatic rings. The van der Waals surface area contributed by atoms with Gasteiger partial charge >= 0.3 is 0 Å².